The van der Waals surface area contributed by atoms with Gasteiger partial charge in [-0.05, 0) is 62.6 Å². The summed E-state index contributed by atoms with van der Waals surface area (Å²) in [5.41, 5.74) is 2.14. The number of hydrogen-bond donors (Lipinski definition) is 1. The Morgan fingerprint density at radius 1 is 1.07 bits per heavy atom. The van der Waals surface area contributed by atoms with E-state index < -0.39 is 6.04 Å². The van der Waals surface area contributed by atoms with Crippen molar-refractivity contribution in [2.24, 2.45) is 0 Å². The molecule has 6 heteroatoms. The predicted octanol–water partition coefficient (Wildman–Crippen LogP) is 3.72. The maximum atomic E-state index is 13.0. The zero-order chi connectivity index (χ0) is 21.9. The molecule has 0 aromatic heterocycles. The van der Waals surface area contributed by atoms with Gasteiger partial charge < -0.3 is 19.7 Å². The molecule has 2 aromatic rings. The summed E-state index contributed by atoms with van der Waals surface area (Å²) in [6.45, 7) is 7.02. The van der Waals surface area contributed by atoms with Gasteiger partial charge in [0.05, 0.1) is 13.7 Å². The second-order valence-corrected chi connectivity index (χ2v) is 7.15. The van der Waals surface area contributed by atoms with Crippen LogP contribution < -0.4 is 14.8 Å². The molecule has 2 amide bonds. The monoisotopic (exact) mass is 412 g/mol. The highest BCUT2D eigenvalue weighted by Crippen LogP contribution is 2.18. The number of hydrogen-bond acceptors (Lipinski definition) is 4. The Morgan fingerprint density at radius 3 is 2.37 bits per heavy atom. The van der Waals surface area contributed by atoms with Crippen LogP contribution in [0.3, 0.4) is 0 Å². The molecule has 0 radical (unpaired) electrons. The molecule has 2 rings (SSSR count). The van der Waals surface area contributed by atoms with Crippen LogP contribution in [-0.2, 0) is 16.1 Å². The van der Waals surface area contributed by atoms with Crippen LogP contribution in [0.5, 0.6) is 11.5 Å². The Hall–Kier alpha value is -3.02. The number of carbonyl (C=O) groups excluding carboxylic acids is 2. The molecule has 0 aliphatic carbocycles. The van der Waals surface area contributed by atoms with E-state index in [9.17, 15) is 9.59 Å². The molecule has 0 aliphatic heterocycles. The molecule has 0 fully saturated rings. The average molecular weight is 413 g/mol. The van der Waals surface area contributed by atoms with Crippen molar-refractivity contribution >= 4 is 11.8 Å². The van der Waals surface area contributed by atoms with Gasteiger partial charge >= 0.3 is 0 Å². The third-order valence-corrected chi connectivity index (χ3v) is 4.98. The number of benzene rings is 2. The molecular weight excluding hydrogens is 380 g/mol. The van der Waals surface area contributed by atoms with Crippen LogP contribution in [0.2, 0.25) is 0 Å². The van der Waals surface area contributed by atoms with Crippen molar-refractivity contribution in [1.29, 1.82) is 0 Å². The SMILES string of the molecule is CCNC(=O)[C@@H](C)N(Cc1ccccc1C)C(=O)CCCOc1ccc(OC)cc1. The third-order valence-electron chi connectivity index (χ3n) is 4.98. The fraction of sp³-hybridized carbons (Fsp3) is 0.417. The number of nitrogens with one attached hydrogen (secondary N) is 1. The van der Waals surface area contributed by atoms with E-state index >= 15 is 0 Å². The summed E-state index contributed by atoms with van der Waals surface area (Å²) in [7, 11) is 1.62. The Labute approximate surface area is 179 Å². The van der Waals surface area contributed by atoms with Gasteiger partial charge in [-0.3, -0.25) is 9.59 Å². The van der Waals surface area contributed by atoms with Gasteiger partial charge in [-0.1, -0.05) is 24.3 Å². The first-order valence-corrected chi connectivity index (χ1v) is 10.3. The summed E-state index contributed by atoms with van der Waals surface area (Å²) in [6, 6.07) is 14.7. The van der Waals surface area contributed by atoms with Crippen molar-refractivity contribution < 1.29 is 19.1 Å². The first kappa shape index (κ1) is 23.3. The zero-order valence-corrected chi connectivity index (χ0v) is 18.3. The van der Waals surface area contributed by atoms with Gasteiger partial charge in [0, 0.05) is 19.5 Å². The zero-order valence-electron chi connectivity index (χ0n) is 18.3. The van der Waals surface area contributed by atoms with Crippen molar-refractivity contribution in [3.05, 3.63) is 59.7 Å². The van der Waals surface area contributed by atoms with Gasteiger partial charge in [-0.25, -0.2) is 0 Å². The topological polar surface area (TPSA) is 67.9 Å². The van der Waals surface area contributed by atoms with Gasteiger partial charge in [-0.15, -0.1) is 0 Å². The van der Waals surface area contributed by atoms with Crippen LogP contribution in [0.4, 0.5) is 0 Å². The molecule has 0 bridgehead atoms. The van der Waals surface area contributed by atoms with Crippen LogP contribution in [0.25, 0.3) is 0 Å². The molecule has 30 heavy (non-hydrogen) atoms. The van der Waals surface area contributed by atoms with Crippen molar-refractivity contribution in [3.63, 3.8) is 0 Å². The molecule has 1 N–H and O–H groups in total. The van der Waals surface area contributed by atoms with E-state index in [4.69, 9.17) is 9.47 Å². The highest BCUT2D eigenvalue weighted by atomic mass is 16.5. The number of nitrogens with zero attached hydrogens (tertiary/aromatic N) is 1. The summed E-state index contributed by atoms with van der Waals surface area (Å²) in [6.07, 6.45) is 0.878. The Morgan fingerprint density at radius 2 is 1.73 bits per heavy atom. The van der Waals surface area contributed by atoms with Crippen LogP contribution >= 0.6 is 0 Å². The second kappa shape index (κ2) is 11.9. The smallest absolute Gasteiger partial charge is 0.242 e. The fourth-order valence-corrected chi connectivity index (χ4v) is 3.10. The van der Waals surface area contributed by atoms with Crippen molar-refractivity contribution in [3.8, 4) is 11.5 Å². The largest absolute Gasteiger partial charge is 0.497 e. The normalized spacial score (nSPS) is 11.5. The number of rotatable bonds is 11. The lowest BCUT2D eigenvalue weighted by Crippen LogP contribution is -2.47. The van der Waals surface area contributed by atoms with Crippen LogP contribution in [0, 0.1) is 6.92 Å². The Balaban J connectivity index is 1.97. The molecule has 2 aromatic carbocycles. The van der Waals surface area contributed by atoms with E-state index in [1.807, 2.05) is 62.4 Å². The lowest BCUT2D eigenvalue weighted by molar-refractivity contribution is -0.140. The number of ether oxygens (including phenoxy) is 2. The molecule has 0 saturated carbocycles. The fourth-order valence-electron chi connectivity index (χ4n) is 3.10. The first-order chi connectivity index (χ1) is 14.5. The molecule has 6 nitrogen and oxygen atoms in total. The minimum absolute atomic E-state index is 0.0599. The van der Waals surface area contributed by atoms with Crippen molar-refractivity contribution in [1.82, 2.24) is 10.2 Å². The lowest BCUT2D eigenvalue weighted by Gasteiger charge is -2.29. The number of amides is 2. The second-order valence-electron chi connectivity index (χ2n) is 7.15. The standard InChI is InChI=1S/C24H32N2O4/c1-5-25-24(28)19(3)26(17-20-10-7-6-9-18(20)2)23(27)11-8-16-30-22-14-12-21(29-4)13-15-22/h6-7,9-10,12-15,19H,5,8,11,16-17H2,1-4H3,(H,25,28)/t19-/m1/s1. The lowest BCUT2D eigenvalue weighted by atomic mass is 10.1. The van der Waals surface area contributed by atoms with Gasteiger partial charge in [0.25, 0.3) is 0 Å². The maximum Gasteiger partial charge on any atom is 0.242 e. The quantitative estimate of drug-likeness (QED) is 0.571. The van der Waals surface area contributed by atoms with E-state index in [1.54, 1.807) is 18.9 Å². The summed E-state index contributed by atoms with van der Waals surface area (Å²) in [4.78, 5) is 27.0. The molecule has 0 saturated heterocycles. The van der Waals surface area contributed by atoms with E-state index in [-0.39, 0.29) is 11.8 Å². The molecule has 0 unspecified atom stereocenters. The summed E-state index contributed by atoms with van der Waals surface area (Å²) < 4.78 is 10.8. The molecule has 0 aliphatic rings. The summed E-state index contributed by atoms with van der Waals surface area (Å²) >= 11 is 0. The maximum absolute atomic E-state index is 13.0. The van der Waals surface area contributed by atoms with E-state index in [0.29, 0.717) is 32.5 Å². The number of methoxy groups -OCH3 is 1. The van der Waals surface area contributed by atoms with E-state index in [2.05, 4.69) is 5.32 Å². The Kier molecular flexibility index (Phi) is 9.19. The van der Waals surface area contributed by atoms with Gasteiger partial charge in [-0.2, -0.15) is 0 Å². The molecule has 0 heterocycles. The summed E-state index contributed by atoms with van der Waals surface area (Å²) in [5, 5.41) is 2.81. The Bertz CT molecular complexity index is 820. The first-order valence-electron chi connectivity index (χ1n) is 10.3. The van der Waals surface area contributed by atoms with Crippen LogP contribution in [0.15, 0.2) is 48.5 Å². The molecule has 1 atom stereocenters. The molecule has 162 valence electrons. The molecular formula is C24H32N2O4. The van der Waals surface area contributed by atoms with Crippen LogP contribution in [0.1, 0.15) is 37.8 Å². The number of aryl methyl sites for hydroxylation is 1. The van der Waals surface area contributed by atoms with Gasteiger partial charge in [0.1, 0.15) is 17.5 Å². The predicted molar refractivity (Wildman–Crippen MR) is 118 cm³/mol. The van der Waals surface area contributed by atoms with Crippen LogP contribution in [-0.4, -0.2) is 43.0 Å². The van der Waals surface area contributed by atoms with Crippen molar-refractivity contribution in [2.45, 2.75) is 46.2 Å². The summed E-state index contributed by atoms with van der Waals surface area (Å²) in [5.74, 6) is 1.30. The minimum atomic E-state index is -0.542. The average Bonchev–Trinajstić information content (AvgIpc) is 2.76. The van der Waals surface area contributed by atoms with E-state index in [0.717, 1.165) is 22.6 Å². The highest BCUT2D eigenvalue weighted by Gasteiger charge is 2.25. The third kappa shape index (κ3) is 6.79. The number of likely N-dealkylation sites (N-methyl/N-ethyl adjacent to an activating group) is 1. The van der Waals surface area contributed by atoms with E-state index in [1.165, 1.54) is 0 Å². The molecule has 0 spiro atoms. The number of carbonyl (C=O) groups is 2. The minimum Gasteiger partial charge on any atom is -0.497 e. The van der Waals surface area contributed by atoms with Crippen molar-refractivity contribution in [2.75, 3.05) is 20.3 Å². The van der Waals surface area contributed by atoms with Gasteiger partial charge in [0.2, 0.25) is 11.8 Å². The van der Waals surface area contributed by atoms with Gasteiger partial charge in [0.15, 0.2) is 0 Å². The highest BCUT2D eigenvalue weighted by molar-refractivity contribution is 5.87.